The molecule has 0 saturated heterocycles. The van der Waals surface area contributed by atoms with Crippen LogP contribution in [0.25, 0.3) is 0 Å². The number of amides is 1. The lowest BCUT2D eigenvalue weighted by atomic mass is 9.95. The summed E-state index contributed by atoms with van der Waals surface area (Å²) in [4.78, 5) is 11.1. The predicted octanol–water partition coefficient (Wildman–Crippen LogP) is 3.02. The molecule has 0 aliphatic heterocycles. The molecule has 0 aromatic carbocycles. The molecule has 14 heavy (non-hydrogen) atoms. The Morgan fingerprint density at radius 2 is 2.00 bits per heavy atom. The molecule has 1 unspecified atom stereocenters. The summed E-state index contributed by atoms with van der Waals surface area (Å²) >= 11 is 0. The van der Waals surface area contributed by atoms with E-state index in [1.807, 2.05) is 6.08 Å². The molecule has 0 rings (SSSR count). The lowest BCUT2D eigenvalue weighted by Gasteiger charge is -2.11. The van der Waals surface area contributed by atoms with Gasteiger partial charge in [0.1, 0.15) is 0 Å². The Morgan fingerprint density at radius 1 is 1.36 bits per heavy atom. The summed E-state index contributed by atoms with van der Waals surface area (Å²) in [6, 6.07) is 0. The van der Waals surface area contributed by atoms with Crippen LogP contribution >= 0.6 is 0 Å². The lowest BCUT2D eigenvalue weighted by Crippen LogP contribution is -2.23. The second kappa shape index (κ2) is 8.79. The van der Waals surface area contributed by atoms with Gasteiger partial charge in [0, 0.05) is 5.92 Å². The first-order valence-electron chi connectivity index (χ1n) is 5.62. The van der Waals surface area contributed by atoms with Crippen molar-refractivity contribution in [1.82, 2.24) is 0 Å². The molecule has 0 aromatic heterocycles. The van der Waals surface area contributed by atoms with Crippen LogP contribution in [-0.4, -0.2) is 5.91 Å². The minimum atomic E-state index is -0.128. The van der Waals surface area contributed by atoms with Crippen LogP contribution in [0.2, 0.25) is 0 Å². The fourth-order valence-corrected chi connectivity index (χ4v) is 1.56. The molecule has 2 nitrogen and oxygen atoms in total. The molecule has 2 N–H and O–H groups in total. The van der Waals surface area contributed by atoms with Gasteiger partial charge < -0.3 is 5.73 Å². The van der Waals surface area contributed by atoms with Crippen LogP contribution in [0.3, 0.4) is 0 Å². The largest absolute Gasteiger partial charge is 0.369 e. The van der Waals surface area contributed by atoms with Gasteiger partial charge in [-0.3, -0.25) is 4.79 Å². The number of carbonyl (C=O) groups is 1. The third-order valence-corrected chi connectivity index (χ3v) is 2.52. The SMILES string of the molecule is C=CCCCCC(CCCC)C(N)=O. The standard InChI is InChI=1S/C12H23NO/c1-3-5-7-8-10-11(12(13)14)9-6-4-2/h3,11H,1,4-10H2,2H3,(H2,13,14). The first-order valence-corrected chi connectivity index (χ1v) is 5.62. The van der Waals surface area contributed by atoms with Gasteiger partial charge in [-0.2, -0.15) is 0 Å². The van der Waals surface area contributed by atoms with E-state index in [4.69, 9.17) is 5.73 Å². The Bertz CT molecular complexity index is 166. The highest BCUT2D eigenvalue weighted by Gasteiger charge is 2.13. The predicted molar refractivity (Wildman–Crippen MR) is 60.9 cm³/mol. The normalized spacial score (nSPS) is 12.4. The van der Waals surface area contributed by atoms with Crippen LogP contribution in [0, 0.1) is 5.92 Å². The molecule has 0 aliphatic rings. The average molecular weight is 197 g/mol. The minimum absolute atomic E-state index is 0.0970. The summed E-state index contributed by atoms with van der Waals surface area (Å²) < 4.78 is 0. The summed E-state index contributed by atoms with van der Waals surface area (Å²) in [6.07, 6.45) is 9.32. The first kappa shape index (κ1) is 13.2. The van der Waals surface area contributed by atoms with Crippen molar-refractivity contribution in [2.45, 2.75) is 51.9 Å². The Kier molecular flexibility index (Phi) is 8.30. The Morgan fingerprint density at radius 3 is 2.50 bits per heavy atom. The molecule has 0 radical (unpaired) electrons. The zero-order valence-electron chi connectivity index (χ0n) is 9.30. The fourth-order valence-electron chi connectivity index (χ4n) is 1.56. The minimum Gasteiger partial charge on any atom is -0.369 e. The zero-order chi connectivity index (χ0) is 10.8. The van der Waals surface area contributed by atoms with E-state index in [1.54, 1.807) is 0 Å². The quantitative estimate of drug-likeness (QED) is 0.448. The number of hydrogen-bond acceptors (Lipinski definition) is 1. The van der Waals surface area contributed by atoms with Crippen molar-refractivity contribution in [3.05, 3.63) is 12.7 Å². The van der Waals surface area contributed by atoms with Crippen molar-refractivity contribution in [3.63, 3.8) is 0 Å². The third kappa shape index (κ3) is 6.70. The summed E-state index contributed by atoms with van der Waals surface area (Å²) in [5.41, 5.74) is 5.33. The van der Waals surface area contributed by atoms with Gasteiger partial charge in [-0.05, 0) is 25.7 Å². The van der Waals surface area contributed by atoms with Crippen molar-refractivity contribution < 1.29 is 4.79 Å². The van der Waals surface area contributed by atoms with Gasteiger partial charge in [-0.15, -0.1) is 6.58 Å². The van der Waals surface area contributed by atoms with Gasteiger partial charge in [0.15, 0.2) is 0 Å². The van der Waals surface area contributed by atoms with E-state index in [9.17, 15) is 4.79 Å². The number of allylic oxidation sites excluding steroid dienone is 1. The highest BCUT2D eigenvalue weighted by atomic mass is 16.1. The van der Waals surface area contributed by atoms with Crippen LogP contribution in [0.15, 0.2) is 12.7 Å². The molecule has 0 aliphatic carbocycles. The molecule has 1 amide bonds. The molecule has 0 aromatic rings. The first-order chi connectivity index (χ1) is 6.72. The number of rotatable bonds is 9. The Balaban J connectivity index is 3.62. The molecular weight excluding hydrogens is 174 g/mol. The summed E-state index contributed by atoms with van der Waals surface area (Å²) in [6.45, 7) is 5.81. The van der Waals surface area contributed by atoms with E-state index in [2.05, 4.69) is 13.5 Å². The number of hydrogen-bond donors (Lipinski definition) is 1. The molecule has 0 fully saturated rings. The molecule has 0 bridgehead atoms. The molecule has 1 atom stereocenters. The molecule has 0 saturated carbocycles. The van der Waals surface area contributed by atoms with Gasteiger partial charge in [0.2, 0.25) is 5.91 Å². The summed E-state index contributed by atoms with van der Waals surface area (Å²) in [7, 11) is 0. The highest BCUT2D eigenvalue weighted by molar-refractivity contribution is 5.76. The van der Waals surface area contributed by atoms with Crippen LogP contribution in [-0.2, 0) is 4.79 Å². The molecule has 82 valence electrons. The van der Waals surface area contributed by atoms with Gasteiger partial charge in [-0.1, -0.05) is 32.3 Å². The molecule has 2 heteroatoms. The van der Waals surface area contributed by atoms with E-state index >= 15 is 0 Å². The van der Waals surface area contributed by atoms with Crippen LogP contribution < -0.4 is 5.73 Å². The van der Waals surface area contributed by atoms with Gasteiger partial charge >= 0.3 is 0 Å². The topological polar surface area (TPSA) is 43.1 Å². The van der Waals surface area contributed by atoms with Crippen LogP contribution in [0.4, 0.5) is 0 Å². The second-order valence-electron chi connectivity index (χ2n) is 3.81. The third-order valence-electron chi connectivity index (χ3n) is 2.52. The molecular formula is C12H23NO. The number of unbranched alkanes of at least 4 members (excludes halogenated alkanes) is 3. The van der Waals surface area contributed by atoms with E-state index in [1.165, 1.54) is 0 Å². The number of nitrogens with two attached hydrogens (primary N) is 1. The average Bonchev–Trinajstić information content (AvgIpc) is 2.16. The Labute approximate surface area is 87.6 Å². The van der Waals surface area contributed by atoms with E-state index in [-0.39, 0.29) is 11.8 Å². The van der Waals surface area contributed by atoms with Crippen molar-refractivity contribution in [3.8, 4) is 0 Å². The van der Waals surface area contributed by atoms with Gasteiger partial charge in [0.25, 0.3) is 0 Å². The highest BCUT2D eigenvalue weighted by Crippen LogP contribution is 2.16. The monoisotopic (exact) mass is 197 g/mol. The van der Waals surface area contributed by atoms with E-state index < -0.39 is 0 Å². The van der Waals surface area contributed by atoms with E-state index in [0.717, 1.165) is 44.9 Å². The van der Waals surface area contributed by atoms with Crippen molar-refractivity contribution in [2.24, 2.45) is 11.7 Å². The summed E-state index contributed by atoms with van der Waals surface area (Å²) in [5, 5.41) is 0. The van der Waals surface area contributed by atoms with E-state index in [0.29, 0.717) is 0 Å². The van der Waals surface area contributed by atoms with Crippen molar-refractivity contribution in [2.75, 3.05) is 0 Å². The van der Waals surface area contributed by atoms with Crippen LogP contribution in [0.1, 0.15) is 51.9 Å². The number of primary amides is 1. The molecule has 0 spiro atoms. The van der Waals surface area contributed by atoms with Gasteiger partial charge in [0.05, 0.1) is 0 Å². The van der Waals surface area contributed by atoms with Gasteiger partial charge in [-0.25, -0.2) is 0 Å². The van der Waals surface area contributed by atoms with Crippen molar-refractivity contribution >= 4 is 5.91 Å². The maximum Gasteiger partial charge on any atom is 0.220 e. The maximum absolute atomic E-state index is 11.1. The second-order valence-corrected chi connectivity index (χ2v) is 3.81. The number of carbonyl (C=O) groups excluding carboxylic acids is 1. The molecule has 0 heterocycles. The lowest BCUT2D eigenvalue weighted by molar-refractivity contribution is -0.122. The fraction of sp³-hybridized carbons (Fsp3) is 0.750. The van der Waals surface area contributed by atoms with Crippen molar-refractivity contribution in [1.29, 1.82) is 0 Å². The smallest absolute Gasteiger partial charge is 0.220 e. The maximum atomic E-state index is 11.1. The summed E-state index contributed by atoms with van der Waals surface area (Å²) in [5.74, 6) is -0.0307. The van der Waals surface area contributed by atoms with Crippen LogP contribution in [0.5, 0.6) is 0 Å². The zero-order valence-corrected chi connectivity index (χ0v) is 9.30. The Hall–Kier alpha value is -0.790.